The molecule has 0 rings (SSSR count). The monoisotopic (exact) mass is 268 g/mol. The number of hydrogen-bond acceptors (Lipinski definition) is 2. The van der Waals surface area contributed by atoms with Crippen LogP contribution in [0.5, 0.6) is 0 Å². The minimum Gasteiger partial charge on any atom is -0.315 e. The van der Waals surface area contributed by atoms with E-state index < -0.39 is 12.7 Å². The van der Waals surface area contributed by atoms with E-state index in [0.29, 0.717) is 6.04 Å². The number of halogens is 3. The molecule has 0 aromatic rings. The Morgan fingerprint density at radius 1 is 1.06 bits per heavy atom. The number of nitrogens with zero attached hydrogens (tertiary/aromatic N) is 1. The van der Waals surface area contributed by atoms with Crippen molar-refractivity contribution in [3.8, 4) is 0 Å². The lowest BCUT2D eigenvalue weighted by molar-refractivity contribution is -0.154. The average molecular weight is 268 g/mol. The van der Waals surface area contributed by atoms with Gasteiger partial charge in [-0.3, -0.25) is 4.90 Å². The van der Waals surface area contributed by atoms with Crippen molar-refractivity contribution in [2.24, 2.45) is 0 Å². The number of alkyl halides is 3. The largest absolute Gasteiger partial charge is 0.401 e. The third kappa shape index (κ3) is 8.75. The quantitative estimate of drug-likeness (QED) is 0.679. The molecule has 1 unspecified atom stereocenters. The molecular weight excluding hydrogens is 241 g/mol. The molecule has 0 heterocycles. The van der Waals surface area contributed by atoms with E-state index in [2.05, 4.69) is 19.2 Å². The first kappa shape index (κ1) is 17.7. The van der Waals surface area contributed by atoms with Crippen LogP contribution in [0.15, 0.2) is 0 Å². The second-order valence-corrected chi connectivity index (χ2v) is 5.48. The number of hydrogen-bond donors (Lipinski definition) is 1. The Kier molecular flexibility index (Phi) is 7.87. The summed E-state index contributed by atoms with van der Waals surface area (Å²) in [5, 5.41) is 3.28. The molecule has 1 atom stereocenters. The van der Waals surface area contributed by atoms with E-state index in [4.69, 9.17) is 0 Å². The second-order valence-electron chi connectivity index (χ2n) is 5.48. The van der Waals surface area contributed by atoms with Crippen LogP contribution < -0.4 is 5.32 Å². The summed E-state index contributed by atoms with van der Waals surface area (Å²) in [6.07, 6.45) is -2.43. The van der Waals surface area contributed by atoms with Crippen molar-refractivity contribution in [1.29, 1.82) is 0 Å². The fourth-order valence-corrected chi connectivity index (χ4v) is 2.01. The van der Waals surface area contributed by atoms with Crippen LogP contribution in [0.3, 0.4) is 0 Å². The van der Waals surface area contributed by atoms with E-state index in [1.165, 1.54) is 4.90 Å². The van der Waals surface area contributed by atoms with Crippen LogP contribution in [-0.4, -0.2) is 42.3 Å². The molecule has 0 spiro atoms. The Bertz CT molecular complexity index is 215. The van der Waals surface area contributed by atoms with Gasteiger partial charge in [-0.05, 0) is 40.2 Å². The molecule has 1 N–H and O–H groups in total. The topological polar surface area (TPSA) is 15.3 Å². The van der Waals surface area contributed by atoms with Gasteiger partial charge in [0.25, 0.3) is 0 Å². The molecule has 0 amide bonds. The summed E-state index contributed by atoms with van der Waals surface area (Å²) < 4.78 is 37.4. The highest BCUT2D eigenvalue weighted by atomic mass is 19.4. The van der Waals surface area contributed by atoms with Gasteiger partial charge in [-0.1, -0.05) is 13.8 Å². The Morgan fingerprint density at radius 3 is 2.00 bits per heavy atom. The molecule has 0 fully saturated rings. The zero-order chi connectivity index (χ0) is 14.3. The Morgan fingerprint density at radius 2 is 1.61 bits per heavy atom. The highest BCUT2D eigenvalue weighted by molar-refractivity contribution is 4.74. The van der Waals surface area contributed by atoms with Crippen LogP contribution in [0.25, 0.3) is 0 Å². The minimum absolute atomic E-state index is 0.0411. The van der Waals surface area contributed by atoms with E-state index >= 15 is 0 Å². The van der Waals surface area contributed by atoms with Gasteiger partial charge in [0.15, 0.2) is 0 Å². The smallest absolute Gasteiger partial charge is 0.315 e. The molecule has 5 heteroatoms. The lowest BCUT2D eigenvalue weighted by Gasteiger charge is -2.33. The molecule has 0 bridgehead atoms. The van der Waals surface area contributed by atoms with Gasteiger partial charge in [-0.15, -0.1) is 0 Å². The highest BCUT2D eigenvalue weighted by Gasteiger charge is 2.33. The number of nitrogens with one attached hydrogen (secondary N) is 1. The van der Waals surface area contributed by atoms with Crippen LogP contribution in [0.1, 0.15) is 47.5 Å². The standard InChI is InChI=1S/C13H27F3N2/c1-10(2)17-8-6-7-12(5)18(11(3)4)9-13(14,15)16/h10-12,17H,6-9H2,1-5H3. The van der Waals surface area contributed by atoms with Crippen molar-refractivity contribution in [1.82, 2.24) is 10.2 Å². The number of rotatable bonds is 8. The molecule has 0 saturated heterocycles. The Balaban J connectivity index is 4.11. The fourth-order valence-electron chi connectivity index (χ4n) is 2.01. The van der Waals surface area contributed by atoms with Crippen molar-refractivity contribution in [3.05, 3.63) is 0 Å². The molecular formula is C13H27F3N2. The maximum atomic E-state index is 12.5. The summed E-state index contributed by atoms with van der Waals surface area (Å²) in [6, 6.07) is 0.303. The summed E-state index contributed by atoms with van der Waals surface area (Å²) in [5.74, 6) is 0. The molecule has 0 aliphatic heterocycles. The Labute approximate surface area is 109 Å². The minimum atomic E-state index is -4.12. The molecule has 0 saturated carbocycles. The third-order valence-electron chi connectivity index (χ3n) is 2.94. The van der Waals surface area contributed by atoms with Crippen molar-refractivity contribution in [2.75, 3.05) is 13.1 Å². The summed E-state index contributed by atoms with van der Waals surface area (Å²) in [4.78, 5) is 1.52. The fraction of sp³-hybridized carbons (Fsp3) is 1.00. The van der Waals surface area contributed by atoms with E-state index in [1.54, 1.807) is 0 Å². The van der Waals surface area contributed by atoms with E-state index in [1.807, 2.05) is 20.8 Å². The molecule has 0 aromatic heterocycles. The summed E-state index contributed by atoms with van der Waals surface area (Å²) in [6.45, 7) is 9.68. The second kappa shape index (κ2) is 8.00. The van der Waals surface area contributed by atoms with E-state index in [-0.39, 0.29) is 12.1 Å². The molecule has 110 valence electrons. The summed E-state index contributed by atoms with van der Waals surface area (Å²) in [7, 11) is 0. The highest BCUT2D eigenvalue weighted by Crippen LogP contribution is 2.21. The summed E-state index contributed by atoms with van der Waals surface area (Å²) in [5.41, 5.74) is 0. The molecule has 0 aliphatic carbocycles. The van der Waals surface area contributed by atoms with Crippen molar-refractivity contribution in [2.45, 2.75) is 71.8 Å². The van der Waals surface area contributed by atoms with E-state index in [0.717, 1.165) is 19.4 Å². The van der Waals surface area contributed by atoms with Crippen LogP contribution in [0.4, 0.5) is 13.2 Å². The predicted octanol–water partition coefficient (Wildman–Crippen LogP) is 3.43. The van der Waals surface area contributed by atoms with Gasteiger partial charge in [0.1, 0.15) is 0 Å². The molecule has 0 aliphatic rings. The molecule has 0 radical (unpaired) electrons. The van der Waals surface area contributed by atoms with Gasteiger partial charge in [-0.2, -0.15) is 13.2 Å². The lowest BCUT2D eigenvalue weighted by atomic mass is 10.1. The normalized spacial score (nSPS) is 14.8. The van der Waals surface area contributed by atoms with Gasteiger partial charge in [0.05, 0.1) is 6.54 Å². The maximum Gasteiger partial charge on any atom is 0.401 e. The van der Waals surface area contributed by atoms with Gasteiger partial charge < -0.3 is 5.32 Å². The molecule has 2 nitrogen and oxygen atoms in total. The van der Waals surface area contributed by atoms with Crippen LogP contribution in [0, 0.1) is 0 Å². The van der Waals surface area contributed by atoms with Gasteiger partial charge in [0, 0.05) is 18.1 Å². The lowest BCUT2D eigenvalue weighted by Crippen LogP contribution is -2.44. The van der Waals surface area contributed by atoms with Gasteiger partial charge in [-0.25, -0.2) is 0 Å². The predicted molar refractivity (Wildman–Crippen MR) is 69.7 cm³/mol. The van der Waals surface area contributed by atoms with Gasteiger partial charge >= 0.3 is 6.18 Å². The molecule has 0 aromatic carbocycles. The van der Waals surface area contributed by atoms with Crippen LogP contribution in [0.2, 0.25) is 0 Å². The van der Waals surface area contributed by atoms with E-state index in [9.17, 15) is 13.2 Å². The van der Waals surface area contributed by atoms with Gasteiger partial charge in [0.2, 0.25) is 0 Å². The van der Waals surface area contributed by atoms with Crippen molar-refractivity contribution in [3.63, 3.8) is 0 Å². The first-order valence-corrected chi connectivity index (χ1v) is 6.69. The van der Waals surface area contributed by atoms with Crippen molar-refractivity contribution < 1.29 is 13.2 Å². The maximum absolute atomic E-state index is 12.5. The third-order valence-corrected chi connectivity index (χ3v) is 2.94. The SMILES string of the molecule is CC(C)NCCCC(C)N(CC(F)(F)F)C(C)C. The van der Waals surface area contributed by atoms with Crippen LogP contribution >= 0.6 is 0 Å². The first-order valence-electron chi connectivity index (χ1n) is 6.69. The van der Waals surface area contributed by atoms with Crippen LogP contribution in [-0.2, 0) is 0 Å². The zero-order valence-electron chi connectivity index (χ0n) is 12.1. The average Bonchev–Trinajstić information content (AvgIpc) is 2.18. The summed E-state index contributed by atoms with van der Waals surface area (Å²) >= 11 is 0. The Hall–Kier alpha value is -0.290. The van der Waals surface area contributed by atoms with Crippen molar-refractivity contribution >= 4 is 0 Å². The first-order chi connectivity index (χ1) is 8.13. The molecule has 18 heavy (non-hydrogen) atoms. The zero-order valence-corrected chi connectivity index (χ0v) is 12.1.